The monoisotopic (exact) mass is 439 g/mol. The molecule has 0 saturated heterocycles. The first kappa shape index (κ1) is 19.9. The first-order chi connectivity index (χ1) is 12.3. The van der Waals surface area contributed by atoms with Gasteiger partial charge in [-0.2, -0.15) is 5.10 Å². The number of carbonyl (C=O) groups is 1. The van der Waals surface area contributed by atoms with E-state index in [1.165, 1.54) is 18.3 Å². The van der Waals surface area contributed by atoms with Crippen molar-refractivity contribution >= 4 is 45.3 Å². The summed E-state index contributed by atoms with van der Waals surface area (Å²) in [6, 6.07) is 8.05. The third-order valence-corrected chi connectivity index (χ3v) is 4.20. The van der Waals surface area contributed by atoms with Crippen LogP contribution >= 0.6 is 27.5 Å². The van der Waals surface area contributed by atoms with Gasteiger partial charge in [-0.15, -0.1) is 0 Å². The van der Waals surface area contributed by atoms with E-state index in [1.807, 2.05) is 26.0 Å². The van der Waals surface area contributed by atoms with E-state index in [0.29, 0.717) is 11.3 Å². The largest absolute Gasteiger partial charge is 0.482 e. The molecule has 26 heavy (non-hydrogen) atoms. The minimum absolute atomic E-state index is 0.0311. The molecule has 0 spiro atoms. The molecule has 0 unspecified atom stereocenters. The molecule has 0 bridgehead atoms. The zero-order chi connectivity index (χ0) is 19.3. The Morgan fingerprint density at radius 2 is 2.12 bits per heavy atom. The van der Waals surface area contributed by atoms with Crippen molar-refractivity contribution in [1.82, 2.24) is 5.43 Å². The van der Waals surface area contributed by atoms with Crippen molar-refractivity contribution in [3.63, 3.8) is 0 Å². The van der Waals surface area contributed by atoms with Gasteiger partial charge >= 0.3 is 0 Å². The van der Waals surface area contributed by atoms with Crippen LogP contribution in [0.2, 0.25) is 5.02 Å². The van der Waals surface area contributed by atoms with Crippen molar-refractivity contribution in [2.45, 2.75) is 13.8 Å². The predicted octanol–water partition coefficient (Wildman–Crippen LogP) is 4.16. The summed E-state index contributed by atoms with van der Waals surface area (Å²) in [6.45, 7) is 3.63. The van der Waals surface area contributed by atoms with Crippen molar-refractivity contribution in [3.8, 4) is 5.75 Å². The maximum Gasteiger partial charge on any atom is 0.288 e. The molecule has 0 aliphatic carbocycles. The van der Waals surface area contributed by atoms with Gasteiger partial charge in [0.25, 0.3) is 11.6 Å². The Kier molecular flexibility index (Phi) is 6.70. The van der Waals surface area contributed by atoms with E-state index >= 15 is 0 Å². The topological polar surface area (TPSA) is 93.8 Å². The highest BCUT2D eigenvalue weighted by atomic mass is 79.9. The molecule has 0 saturated carbocycles. The summed E-state index contributed by atoms with van der Waals surface area (Å²) in [5.41, 5.74) is 4.48. The second-order valence-electron chi connectivity index (χ2n) is 5.44. The number of hydrogen-bond acceptors (Lipinski definition) is 5. The number of amides is 1. The van der Waals surface area contributed by atoms with Gasteiger partial charge in [-0.05, 0) is 53.0 Å². The first-order valence-electron chi connectivity index (χ1n) is 7.43. The molecular formula is C17H15BrClN3O4. The lowest BCUT2D eigenvalue weighted by atomic mass is 10.1. The van der Waals surface area contributed by atoms with E-state index in [1.54, 1.807) is 6.07 Å². The molecule has 2 aromatic carbocycles. The number of benzene rings is 2. The molecule has 2 aromatic rings. The molecule has 0 aliphatic heterocycles. The fourth-order valence-corrected chi connectivity index (χ4v) is 3.16. The van der Waals surface area contributed by atoms with E-state index in [2.05, 4.69) is 26.5 Å². The normalized spacial score (nSPS) is 10.8. The van der Waals surface area contributed by atoms with Crippen LogP contribution in [0.15, 0.2) is 39.9 Å². The summed E-state index contributed by atoms with van der Waals surface area (Å²) in [4.78, 5) is 22.1. The minimum Gasteiger partial charge on any atom is -0.482 e. The fourth-order valence-electron chi connectivity index (χ4n) is 2.18. The van der Waals surface area contributed by atoms with Crippen LogP contribution in [0.4, 0.5) is 5.69 Å². The van der Waals surface area contributed by atoms with Crippen LogP contribution in [0.3, 0.4) is 0 Å². The Bertz CT molecular complexity index is 863. The summed E-state index contributed by atoms with van der Waals surface area (Å²) < 4.78 is 6.28. The molecule has 0 aliphatic rings. The highest BCUT2D eigenvalue weighted by Crippen LogP contribution is 2.30. The Hall–Kier alpha value is -2.45. The smallest absolute Gasteiger partial charge is 0.288 e. The van der Waals surface area contributed by atoms with Gasteiger partial charge in [-0.1, -0.05) is 23.7 Å². The fraction of sp³-hybridized carbons (Fsp3) is 0.176. The first-order valence-corrected chi connectivity index (χ1v) is 8.60. The number of aryl methyl sites for hydroxylation is 2. The van der Waals surface area contributed by atoms with Crippen molar-refractivity contribution in [2.24, 2.45) is 5.10 Å². The van der Waals surface area contributed by atoms with E-state index in [9.17, 15) is 14.9 Å². The quantitative estimate of drug-likeness (QED) is 0.415. The summed E-state index contributed by atoms with van der Waals surface area (Å²) in [7, 11) is 0. The van der Waals surface area contributed by atoms with E-state index in [0.717, 1.165) is 15.6 Å². The van der Waals surface area contributed by atoms with E-state index in [-0.39, 0.29) is 17.3 Å². The van der Waals surface area contributed by atoms with Crippen molar-refractivity contribution in [2.75, 3.05) is 6.61 Å². The van der Waals surface area contributed by atoms with Crippen LogP contribution in [0.25, 0.3) is 0 Å². The van der Waals surface area contributed by atoms with Gasteiger partial charge in [0.05, 0.1) is 15.6 Å². The van der Waals surface area contributed by atoms with Crippen LogP contribution in [-0.4, -0.2) is 23.7 Å². The van der Waals surface area contributed by atoms with E-state index in [4.69, 9.17) is 16.3 Å². The number of nitro groups is 1. The summed E-state index contributed by atoms with van der Waals surface area (Å²) in [5, 5.41) is 14.6. The number of rotatable bonds is 6. The van der Waals surface area contributed by atoms with Crippen LogP contribution in [0, 0.1) is 24.0 Å². The van der Waals surface area contributed by atoms with Gasteiger partial charge in [0.15, 0.2) is 6.61 Å². The van der Waals surface area contributed by atoms with E-state index < -0.39 is 10.8 Å². The Labute approximate surface area is 163 Å². The van der Waals surface area contributed by atoms with Crippen molar-refractivity contribution < 1.29 is 14.5 Å². The maximum atomic E-state index is 11.8. The molecule has 0 aromatic heterocycles. The lowest BCUT2D eigenvalue weighted by Gasteiger charge is -2.11. The molecule has 0 fully saturated rings. The number of hydrogen-bond donors (Lipinski definition) is 1. The number of halogens is 2. The molecule has 136 valence electrons. The van der Waals surface area contributed by atoms with Gasteiger partial charge in [0.1, 0.15) is 10.8 Å². The van der Waals surface area contributed by atoms with Crippen molar-refractivity contribution in [1.29, 1.82) is 0 Å². The zero-order valence-electron chi connectivity index (χ0n) is 14.0. The lowest BCUT2D eigenvalue weighted by Crippen LogP contribution is -2.24. The summed E-state index contributed by atoms with van der Waals surface area (Å²) >= 11 is 9.14. The maximum absolute atomic E-state index is 11.8. The van der Waals surface area contributed by atoms with Crippen LogP contribution in [0.1, 0.15) is 16.7 Å². The second kappa shape index (κ2) is 8.77. The third kappa shape index (κ3) is 5.27. The molecule has 0 radical (unpaired) electrons. The number of ether oxygens (including phenoxy) is 1. The van der Waals surface area contributed by atoms with Crippen LogP contribution in [0.5, 0.6) is 5.75 Å². The molecule has 7 nitrogen and oxygen atoms in total. The lowest BCUT2D eigenvalue weighted by molar-refractivity contribution is -0.384. The van der Waals surface area contributed by atoms with Gasteiger partial charge in [0.2, 0.25) is 0 Å². The molecule has 2 rings (SSSR count). The van der Waals surface area contributed by atoms with Gasteiger partial charge in [0, 0.05) is 11.6 Å². The number of carbonyl (C=O) groups excluding carboxylic acids is 1. The molecule has 9 heteroatoms. The zero-order valence-corrected chi connectivity index (χ0v) is 16.3. The van der Waals surface area contributed by atoms with Gasteiger partial charge in [-0.25, -0.2) is 5.43 Å². The third-order valence-electron chi connectivity index (χ3n) is 3.29. The van der Waals surface area contributed by atoms with Crippen LogP contribution < -0.4 is 10.2 Å². The van der Waals surface area contributed by atoms with Crippen LogP contribution in [-0.2, 0) is 4.79 Å². The number of nitrogens with zero attached hydrogens (tertiary/aromatic N) is 2. The molecule has 0 heterocycles. The average molecular weight is 441 g/mol. The molecular weight excluding hydrogens is 426 g/mol. The molecule has 0 atom stereocenters. The Balaban J connectivity index is 1.94. The summed E-state index contributed by atoms with van der Waals surface area (Å²) in [5.74, 6) is 0.125. The number of hydrazone groups is 1. The standard InChI is InChI=1S/C17H15BrClN3O4/c1-10-5-11(2)17(13(18)6-10)26-9-16(23)21-20-8-12-3-4-14(19)15(7-12)22(24)25/h3-8H,9H2,1-2H3,(H,21,23)/b20-8+. The molecule has 1 N–H and O–H groups in total. The number of nitro benzene ring substituents is 1. The number of nitrogens with one attached hydrogen (secondary N) is 1. The Morgan fingerprint density at radius 3 is 2.77 bits per heavy atom. The van der Waals surface area contributed by atoms with Crippen molar-refractivity contribution in [3.05, 3.63) is 66.6 Å². The molecule has 1 amide bonds. The highest BCUT2D eigenvalue weighted by molar-refractivity contribution is 9.10. The summed E-state index contributed by atoms with van der Waals surface area (Å²) in [6.07, 6.45) is 1.29. The minimum atomic E-state index is -0.589. The Morgan fingerprint density at radius 1 is 1.38 bits per heavy atom. The predicted molar refractivity (Wildman–Crippen MR) is 103 cm³/mol. The SMILES string of the molecule is Cc1cc(C)c(OCC(=O)N/N=C/c2ccc(Cl)c([N+](=O)[O-])c2)c(Br)c1. The van der Waals surface area contributed by atoms with Gasteiger partial charge < -0.3 is 4.74 Å². The van der Waals surface area contributed by atoms with Gasteiger partial charge in [-0.3, -0.25) is 14.9 Å². The highest BCUT2D eigenvalue weighted by Gasteiger charge is 2.12. The second-order valence-corrected chi connectivity index (χ2v) is 6.70. The average Bonchev–Trinajstić information content (AvgIpc) is 2.55.